The average Bonchev–Trinajstić information content (AvgIpc) is 3.94. The first-order chi connectivity index (χ1) is 27.4. The first-order valence-electron chi connectivity index (χ1n) is 19.9. The molecule has 1 amide bonds. The van der Waals surface area contributed by atoms with Crippen molar-refractivity contribution in [2.75, 3.05) is 78.0 Å². The molecule has 4 saturated heterocycles. The number of piperidine rings is 1. The number of hydrazone groups is 1. The van der Waals surface area contributed by atoms with Gasteiger partial charge in [0.25, 0.3) is 0 Å². The van der Waals surface area contributed by atoms with E-state index in [2.05, 4.69) is 35.2 Å². The number of aromatic nitrogens is 2. The van der Waals surface area contributed by atoms with Crippen molar-refractivity contribution in [1.29, 1.82) is 5.26 Å². The molecular weight excluding hydrogens is 746 g/mol. The minimum Gasteiger partial charge on any atom is -0.467 e. The van der Waals surface area contributed by atoms with E-state index in [4.69, 9.17) is 19.5 Å². The third-order valence-corrected chi connectivity index (χ3v) is 11.8. The summed E-state index contributed by atoms with van der Waals surface area (Å²) in [5.74, 6) is 0.0374. The Morgan fingerprint density at radius 1 is 1.11 bits per heavy atom. The van der Waals surface area contributed by atoms with Gasteiger partial charge in [0.1, 0.15) is 12.0 Å². The van der Waals surface area contributed by atoms with Gasteiger partial charge in [-0.15, -0.1) is 0 Å². The van der Waals surface area contributed by atoms with Crippen molar-refractivity contribution in [3.8, 4) is 12.1 Å². The van der Waals surface area contributed by atoms with Crippen molar-refractivity contribution in [3.63, 3.8) is 0 Å². The van der Waals surface area contributed by atoms with Crippen molar-refractivity contribution < 1.29 is 36.6 Å². The van der Waals surface area contributed by atoms with Crippen LogP contribution in [-0.2, 0) is 27.3 Å². The Hall–Kier alpha value is -4.11. The number of likely N-dealkylation sites (tertiary alicyclic amines) is 1. The fourth-order valence-corrected chi connectivity index (χ4v) is 8.99. The molecule has 4 unspecified atom stereocenters. The quantitative estimate of drug-likeness (QED) is 0.312. The van der Waals surface area contributed by atoms with Gasteiger partial charge in [0.2, 0.25) is 5.91 Å². The Morgan fingerprint density at radius 2 is 1.84 bits per heavy atom. The smallest absolute Gasteiger partial charge is 0.416 e. The molecule has 57 heavy (non-hydrogen) atoms. The van der Waals surface area contributed by atoms with Crippen molar-refractivity contribution in [3.05, 3.63) is 46.2 Å². The van der Waals surface area contributed by atoms with Crippen LogP contribution in [-0.4, -0.2) is 147 Å². The van der Waals surface area contributed by atoms with Crippen molar-refractivity contribution in [1.82, 2.24) is 30.1 Å². The molecule has 0 aromatic carbocycles. The number of amides is 1. The molecular formula is C40H55F4N9O4. The van der Waals surface area contributed by atoms with Crippen molar-refractivity contribution >= 4 is 17.9 Å². The van der Waals surface area contributed by atoms with E-state index in [0.717, 1.165) is 51.0 Å². The molecule has 312 valence electrons. The van der Waals surface area contributed by atoms with E-state index in [-0.39, 0.29) is 42.1 Å². The first kappa shape index (κ1) is 42.5. The van der Waals surface area contributed by atoms with E-state index in [1.54, 1.807) is 25.3 Å². The summed E-state index contributed by atoms with van der Waals surface area (Å²) in [6, 6.07) is 2.15. The number of ether oxygens (including phenoxy) is 3. The zero-order chi connectivity index (χ0) is 40.7. The average molecular weight is 802 g/mol. The predicted octanol–water partition coefficient (Wildman–Crippen LogP) is 4.36. The lowest BCUT2D eigenvalue weighted by Gasteiger charge is -2.38. The Balaban J connectivity index is 0.000000391. The van der Waals surface area contributed by atoms with Crippen LogP contribution < -0.4 is 15.1 Å². The number of hydrogen-bond donors (Lipinski definition) is 1. The van der Waals surface area contributed by atoms with E-state index in [0.29, 0.717) is 56.4 Å². The van der Waals surface area contributed by atoms with E-state index in [1.807, 2.05) is 11.0 Å². The zero-order valence-corrected chi connectivity index (χ0v) is 33.3. The summed E-state index contributed by atoms with van der Waals surface area (Å²) in [6.45, 7) is 9.57. The number of carbonyl (C=O) groups is 1. The van der Waals surface area contributed by atoms with Crippen LogP contribution in [0.15, 0.2) is 40.0 Å². The van der Waals surface area contributed by atoms with E-state index in [1.165, 1.54) is 40.0 Å². The van der Waals surface area contributed by atoms with Gasteiger partial charge in [0.15, 0.2) is 0 Å². The van der Waals surface area contributed by atoms with E-state index < -0.39 is 29.9 Å². The molecule has 0 radical (unpaired) electrons. The highest BCUT2D eigenvalue weighted by molar-refractivity contribution is 5.87. The number of rotatable bonds is 7. The second-order valence-corrected chi connectivity index (χ2v) is 15.4. The molecule has 4 fully saturated rings. The summed E-state index contributed by atoms with van der Waals surface area (Å²) >= 11 is 0. The Labute approximate surface area is 332 Å². The number of nitriles is 1. The standard InChI is InChI=1S/C31H40F3N7O4.C7H12FN.C2H3N/c1-19-15-24-21(17-35-38-24)27(28(19)31(32,33)34)25-16-23-22(18-45-25)29(37-30(36-23)44-3)41-13-11-40(12-14-41)26(42)5-4-8-39-9-6-20(43-2)7-10-39;8-6-4-7-2-1-3-9(7)5-6;1-2-3/h4-5,15,17,20-21,24-25,38H,6-14,16,18H2,1-3H3;6-7H,1-5H2;1H3/b5-4+;;/t21?,24?,25-;;/m0../s1. The van der Waals surface area contributed by atoms with Gasteiger partial charge in [-0.2, -0.15) is 33.5 Å². The molecule has 7 aliphatic rings. The van der Waals surface area contributed by atoms with Gasteiger partial charge in [-0.3, -0.25) is 14.6 Å². The molecule has 1 aromatic rings. The topological polar surface area (TPSA) is 132 Å². The van der Waals surface area contributed by atoms with Crippen molar-refractivity contribution in [2.45, 2.75) is 95.6 Å². The number of nitrogens with zero attached hydrogens (tertiary/aromatic N) is 8. The van der Waals surface area contributed by atoms with Crippen LogP contribution in [0.1, 0.15) is 57.2 Å². The van der Waals surface area contributed by atoms with Crippen LogP contribution in [0.4, 0.5) is 23.4 Å². The lowest BCUT2D eigenvalue weighted by atomic mass is 9.77. The number of carbonyl (C=O) groups excluding carboxylic acids is 1. The van der Waals surface area contributed by atoms with Crippen LogP contribution in [0.25, 0.3) is 0 Å². The molecule has 6 aliphatic heterocycles. The largest absolute Gasteiger partial charge is 0.467 e. The summed E-state index contributed by atoms with van der Waals surface area (Å²) in [6.07, 6.45) is 6.60. The number of methoxy groups -OCH3 is 2. The maximum absolute atomic E-state index is 14.3. The number of fused-ring (bicyclic) bond motifs is 3. The van der Waals surface area contributed by atoms with Crippen LogP contribution in [0.3, 0.4) is 0 Å². The summed E-state index contributed by atoms with van der Waals surface area (Å²) < 4.78 is 72.6. The highest BCUT2D eigenvalue weighted by Crippen LogP contribution is 2.45. The predicted molar refractivity (Wildman–Crippen MR) is 206 cm³/mol. The fraction of sp³-hybridized carbons (Fsp3) is 0.675. The Kier molecular flexibility index (Phi) is 14.2. The minimum atomic E-state index is -4.54. The first-order valence-corrected chi connectivity index (χ1v) is 19.9. The number of allylic oxidation sites excluding steroid dienone is 2. The van der Waals surface area contributed by atoms with Crippen LogP contribution in [0.5, 0.6) is 6.01 Å². The maximum atomic E-state index is 14.3. The summed E-state index contributed by atoms with van der Waals surface area (Å²) in [5, 5.41) is 11.4. The molecule has 0 bridgehead atoms. The lowest BCUT2D eigenvalue weighted by Crippen LogP contribution is -2.49. The summed E-state index contributed by atoms with van der Waals surface area (Å²) in [7, 11) is 3.22. The molecule has 13 nitrogen and oxygen atoms in total. The number of alkyl halides is 4. The monoisotopic (exact) mass is 801 g/mol. The van der Waals surface area contributed by atoms with Crippen LogP contribution in [0.2, 0.25) is 0 Å². The van der Waals surface area contributed by atoms with Gasteiger partial charge in [-0.1, -0.05) is 12.2 Å². The number of piperazine rings is 1. The molecule has 17 heteroatoms. The summed E-state index contributed by atoms with van der Waals surface area (Å²) in [5.41, 5.74) is 3.91. The number of halogens is 4. The molecule has 1 N–H and O–H groups in total. The van der Waals surface area contributed by atoms with E-state index in [9.17, 15) is 22.4 Å². The Morgan fingerprint density at radius 3 is 2.51 bits per heavy atom. The van der Waals surface area contributed by atoms with E-state index >= 15 is 0 Å². The molecule has 7 heterocycles. The van der Waals surface area contributed by atoms with Gasteiger partial charge in [-0.05, 0) is 56.7 Å². The van der Waals surface area contributed by atoms with Gasteiger partial charge in [0.05, 0.1) is 49.3 Å². The van der Waals surface area contributed by atoms with Gasteiger partial charge in [-0.25, -0.2) is 4.39 Å². The van der Waals surface area contributed by atoms with Gasteiger partial charge in [0, 0.05) is 103 Å². The van der Waals surface area contributed by atoms with Crippen molar-refractivity contribution in [2.24, 2.45) is 11.0 Å². The third-order valence-electron chi connectivity index (χ3n) is 11.8. The molecule has 0 spiro atoms. The normalized spacial score (nSPS) is 27.7. The Bertz CT molecular complexity index is 1720. The third kappa shape index (κ3) is 10.1. The maximum Gasteiger partial charge on any atom is 0.416 e. The molecule has 0 saturated carbocycles. The molecule has 1 aliphatic carbocycles. The highest BCUT2D eigenvalue weighted by atomic mass is 19.4. The minimum absolute atomic E-state index is 0.0243. The summed E-state index contributed by atoms with van der Waals surface area (Å²) in [4.78, 5) is 30.6. The second-order valence-electron chi connectivity index (χ2n) is 15.4. The molecule has 1 aromatic heterocycles. The number of nitrogens with one attached hydrogen (secondary N) is 1. The molecule has 8 rings (SSSR count). The number of hydrogen-bond acceptors (Lipinski definition) is 12. The fourth-order valence-electron chi connectivity index (χ4n) is 8.99. The lowest BCUT2D eigenvalue weighted by molar-refractivity contribution is -0.126. The number of anilines is 1. The zero-order valence-electron chi connectivity index (χ0n) is 33.3. The molecule has 5 atom stereocenters. The highest BCUT2D eigenvalue weighted by Gasteiger charge is 2.47. The van der Waals surface area contributed by atoms with Crippen LogP contribution >= 0.6 is 0 Å². The van der Waals surface area contributed by atoms with Gasteiger partial charge < -0.3 is 29.4 Å². The second kappa shape index (κ2) is 19.1. The SMILES string of the molecule is CC#N.COc1nc2c(c(N3CCN(C(=O)/C=C/CN4CCC(OC)CC4)CC3)n1)CO[C@H](C1=C(C(F)(F)F)C(C)=CC3NN=CC13)C2.FC1CC2CCCN2C1. The van der Waals surface area contributed by atoms with Gasteiger partial charge >= 0.3 is 12.2 Å². The van der Waals surface area contributed by atoms with Crippen LogP contribution in [0, 0.1) is 17.2 Å².